The lowest BCUT2D eigenvalue weighted by atomic mass is 10.1. The van der Waals surface area contributed by atoms with Crippen molar-refractivity contribution in [2.45, 2.75) is 12.5 Å². The summed E-state index contributed by atoms with van der Waals surface area (Å²) >= 11 is 0. The number of hydrogen-bond donors (Lipinski definition) is 1. The van der Waals surface area contributed by atoms with Crippen molar-refractivity contribution in [3.63, 3.8) is 0 Å². The van der Waals surface area contributed by atoms with Crippen LogP contribution in [0.15, 0.2) is 18.2 Å². The molecule has 0 aliphatic carbocycles. The average Bonchev–Trinajstić information content (AvgIpc) is 2.24. The number of carboxylic acids is 1. The topological polar surface area (TPSA) is 49.8 Å². The first-order chi connectivity index (χ1) is 7.95. The van der Waals surface area contributed by atoms with Gasteiger partial charge in [0.1, 0.15) is 5.82 Å². The minimum Gasteiger partial charge on any atom is -0.479 e. The summed E-state index contributed by atoms with van der Waals surface area (Å²) < 4.78 is 18.4. The maximum Gasteiger partial charge on any atom is 0.333 e. The zero-order chi connectivity index (χ0) is 13.0. The molecule has 0 aliphatic heterocycles. The Labute approximate surface area is 99.6 Å². The van der Waals surface area contributed by atoms with Gasteiger partial charge in [-0.2, -0.15) is 0 Å². The number of methoxy groups -OCH3 is 1. The highest BCUT2D eigenvalue weighted by Crippen LogP contribution is 2.19. The molecule has 0 fully saturated rings. The van der Waals surface area contributed by atoms with E-state index in [0.29, 0.717) is 11.3 Å². The summed E-state index contributed by atoms with van der Waals surface area (Å²) in [4.78, 5) is 12.4. The molecule has 1 rings (SSSR count). The Bertz CT molecular complexity index is 407. The van der Waals surface area contributed by atoms with Crippen molar-refractivity contribution in [3.8, 4) is 0 Å². The monoisotopic (exact) mass is 241 g/mol. The lowest BCUT2D eigenvalue weighted by Gasteiger charge is -2.15. The van der Waals surface area contributed by atoms with Crippen LogP contribution >= 0.6 is 0 Å². The van der Waals surface area contributed by atoms with Gasteiger partial charge in [-0.15, -0.1) is 0 Å². The van der Waals surface area contributed by atoms with Crippen LogP contribution < -0.4 is 4.90 Å². The maximum absolute atomic E-state index is 13.6. The molecule has 0 amide bonds. The molecule has 94 valence electrons. The van der Waals surface area contributed by atoms with E-state index < -0.39 is 12.1 Å². The number of nitrogens with zero attached hydrogens (tertiary/aromatic N) is 1. The number of halogens is 1. The second-order valence-corrected chi connectivity index (χ2v) is 3.95. The molecular weight excluding hydrogens is 225 g/mol. The fourth-order valence-electron chi connectivity index (χ4n) is 1.53. The predicted molar refractivity (Wildman–Crippen MR) is 62.9 cm³/mol. The van der Waals surface area contributed by atoms with Crippen LogP contribution in [0.25, 0.3) is 0 Å². The minimum atomic E-state index is -1.05. The molecule has 5 heteroatoms. The molecule has 0 radical (unpaired) electrons. The van der Waals surface area contributed by atoms with Gasteiger partial charge in [0.15, 0.2) is 6.10 Å². The first-order valence-corrected chi connectivity index (χ1v) is 5.17. The van der Waals surface area contributed by atoms with E-state index in [0.717, 1.165) is 0 Å². The molecule has 17 heavy (non-hydrogen) atoms. The number of rotatable bonds is 5. The van der Waals surface area contributed by atoms with Crippen molar-refractivity contribution in [1.29, 1.82) is 0 Å². The Morgan fingerprint density at radius 1 is 1.53 bits per heavy atom. The van der Waals surface area contributed by atoms with Gasteiger partial charge in [-0.05, 0) is 17.7 Å². The molecule has 1 atom stereocenters. The predicted octanol–water partition coefficient (Wildman–Crippen LogP) is 1.53. The molecule has 1 aromatic rings. The minimum absolute atomic E-state index is 0.149. The quantitative estimate of drug-likeness (QED) is 0.849. The third-order valence-corrected chi connectivity index (χ3v) is 2.47. The lowest BCUT2D eigenvalue weighted by Crippen LogP contribution is -2.25. The molecule has 0 aromatic heterocycles. The molecule has 0 saturated carbocycles. The Hall–Kier alpha value is -1.62. The van der Waals surface area contributed by atoms with E-state index in [9.17, 15) is 9.18 Å². The van der Waals surface area contributed by atoms with Crippen LogP contribution in [0.2, 0.25) is 0 Å². The third kappa shape index (κ3) is 3.42. The van der Waals surface area contributed by atoms with Crippen molar-refractivity contribution < 1.29 is 19.0 Å². The van der Waals surface area contributed by atoms with E-state index in [4.69, 9.17) is 9.84 Å². The summed E-state index contributed by atoms with van der Waals surface area (Å²) in [5, 5.41) is 8.82. The SMILES string of the molecule is COC(Cc1ccc(N(C)C)c(F)c1)C(=O)O. The standard InChI is InChI=1S/C12H16FNO3/c1-14(2)10-5-4-8(6-9(10)13)7-11(17-3)12(15)16/h4-6,11H,7H2,1-3H3,(H,15,16). The number of hydrogen-bond acceptors (Lipinski definition) is 3. The van der Waals surface area contributed by atoms with E-state index in [1.807, 2.05) is 0 Å². The van der Waals surface area contributed by atoms with Gasteiger partial charge in [-0.3, -0.25) is 0 Å². The summed E-state index contributed by atoms with van der Waals surface area (Å²) in [7, 11) is 4.81. The van der Waals surface area contributed by atoms with Crippen molar-refractivity contribution in [2.24, 2.45) is 0 Å². The molecule has 0 saturated heterocycles. The second-order valence-electron chi connectivity index (χ2n) is 3.95. The highest BCUT2D eigenvalue weighted by Gasteiger charge is 2.17. The Balaban J connectivity index is 2.87. The van der Waals surface area contributed by atoms with E-state index in [1.165, 1.54) is 13.2 Å². The van der Waals surface area contributed by atoms with Crippen molar-refractivity contribution in [2.75, 3.05) is 26.1 Å². The normalized spacial score (nSPS) is 12.2. The Morgan fingerprint density at radius 3 is 2.59 bits per heavy atom. The largest absolute Gasteiger partial charge is 0.479 e. The van der Waals surface area contributed by atoms with E-state index in [2.05, 4.69) is 0 Å². The Morgan fingerprint density at radius 2 is 2.18 bits per heavy atom. The molecule has 0 spiro atoms. The highest BCUT2D eigenvalue weighted by molar-refractivity contribution is 5.72. The van der Waals surface area contributed by atoms with Crippen LogP contribution in [0.4, 0.5) is 10.1 Å². The van der Waals surface area contributed by atoms with E-state index in [1.54, 1.807) is 31.1 Å². The molecule has 1 aromatic carbocycles. The molecule has 0 heterocycles. The fourth-order valence-corrected chi connectivity index (χ4v) is 1.53. The smallest absolute Gasteiger partial charge is 0.333 e. The van der Waals surface area contributed by atoms with Crippen LogP contribution in [0.1, 0.15) is 5.56 Å². The van der Waals surface area contributed by atoms with Gasteiger partial charge in [-0.1, -0.05) is 6.07 Å². The number of carboxylic acid groups (broad SMARTS) is 1. The van der Waals surface area contributed by atoms with Crippen molar-refractivity contribution in [1.82, 2.24) is 0 Å². The van der Waals surface area contributed by atoms with E-state index >= 15 is 0 Å². The maximum atomic E-state index is 13.6. The number of benzene rings is 1. The van der Waals surface area contributed by atoms with Gasteiger partial charge in [-0.25, -0.2) is 9.18 Å². The summed E-state index contributed by atoms with van der Waals surface area (Å²) in [5.41, 5.74) is 1.07. The van der Waals surface area contributed by atoms with Gasteiger partial charge in [0.05, 0.1) is 5.69 Å². The summed E-state index contributed by atoms with van der Waals surface area (Å²) in [6.07, 6.45) is -0.796. The van der Waals surface area contributed by atoms with Gasteiger partial charge in [0.2, 0.25) is 0 Å². The summed E-state index contributed by atoms with van der Waals surface area (Å²) in [5.74, 6) is -1.42. The number of carbonyl (C=O) groups is 1. The molecule has 0 aliphatic rings. The average molecular weight is 241 g/mol. The van der Waals surface area contributed by atoms with Crippen LogP contribution in [0.3, 0.4) is 0 Å². The van der Waals surface area contributed by atoms with Gasteiger partial charge >= 0.3 is 5.97 Å². The lowest BCUT2D eigenvalue weighted by molar-refractivity contribution is -0.148. The van der Waals surface area contributed by atoms with Crippen LogP contribution in [0, 0.1) is 5.82 Å². The summed E-state index contributed by atoms with van der Waals surface area (Å²) in [6, 6.07) is 4.66. The van der Waals surface area contributed by atoms with Gasteiger partial charge in [0, 0.05) is 27.6 Å². The fraction of sp³-hybridized carbons (Fsp3) is 0.417. The third-order valence-electron chi connectivity index (χ3n) is 2.47. The second kappa shape index (κ2) is 5.63. The van der Waals surface area contributed by atoms with Crippen LogP contribution in [0.5, 0.6) is 0 Å². The molecule has 1 N–H and O–H groups in total. The molecule has 1 unspecified atom stereocenters. The molecule has 4 nitrogen and oxygen atoms in total. The first-order valence-electron chi connectivity index (χ1n) is 5.17. The molecular formula is C12H16FNO3. The highest BCUT2D eigenvalue weighted by atomic mass is 19.1. The molecule has 0 bridgehead atoms. The number of ether oxygens (including phenoxy) is 1. The zero-order valence-electron chi connectivity index (χ0n) is 10.1. The first kappa shape index (κ1) is 13.4. The van der Waals surface area contributed by atoms with Gasteiger partial charge < -0.3 is 14.7 Å². The summed E-state index contributed by atoms with van der Waals surface area (Å²) in [6.45, 7) is 0. The van der Waals surface area contributed by atoms with Crippen molar-refractivity contribution in [3.05, 3.63) is 29.6 Å². The van der Waals surface area contributed by atoms with Gasteiger partial charge in [0.25, 0.3) is 0 Å². The number of aliphatic carboxylic acids is 1. The number of anilines is 1. The van der Waals surface area contributed by atoms with Crippen LogP contribution in [-0.4, -0.2) is 38.4 Å². The van der Waals surface area contributed by atoms with E-state index in [-0.39, 0.29) is 12.2 Å². The van der Waals surface area contributed by atoms with Crippen molar-refractivity contribution >= 4 is 11.7 Å². The zero-order valence-corrected chi connectivity index (χ0v) is 10.1. The Kier molecular flexibility index (Phi) is 4.45. The van der Waals surface area contributed by atoms with Crippen LogP contribution in [-0.2, 0) is 16.0 Å².